The number of benzene rings is 2. The summed E-state index contributed by atoms with van der Waals surface area (Å²) in [6.07, 6.45) is 0. The lowest BCUT2D eigenvalue weighted by atomic mass is 9.91. The van der Waals surface area contributed by atoms with Gasteiger partial charge in [-0.2, -0.15) is 0 Å². The fourth-order valence-electron chi connectivity index (χ4n) is 4.09. The highest BCUT2D eigenvalue weighted by Crippen LogP contribution is 2.41. The monoisotopic (exact) mass is 452 g/mol. The molecule has 0 bridgehead atoms. The average Bonchev–Trinajstić information content (AvgIpc) is 2.84. The number of methoxy groups -OCH3 is 4. The van der Waals surface area contributed by atoms with Crippen molar-refractivity contribution < 1.29 is 23.7 Å². The highest BCUT2D eigenvalue weighted by atomic mass is 16.5. The first-order valence-electron chi connectivity index (χ1n) is 11.0. The predicted molar refractivity (Wildman–Crippen MR) is 130 cm³/mol. The Balaban J connectivity index is 2.45. The Morgan fingerprint density at radius 2 is 1.42 bits per heavy atom. The molecule has 2 aromatic carbocycles. The van der Waals surface area contributed by atoms with Crippen molar-refractivity contribution in [2.75, 3.05) is 41.5 Å². The second kappa shape index (κ2) is 10.5. The molecule has 7 heteroatoms. The zero-order valence-electron chi connectivity index (χ0n) is 20.4. The second-order valence-corrected chi connectivity index (χ2v) is 7.62. The largest absolute Gasteiger partial charge is 0.493 e. The fourth-order valence-corrected chi connectivity index (χ4v) is 4.09. The van der Waals surface area contributed by atoms with Crippen molar-refractivity contribution in [3.05, 3.63) is 41.6 Å². The van der Waals surface area contributed by atoms with Crippen molar-refractivity contribution in [3.8, 4) is 34.1 Å². The average molecular weight is 453 g/mol. The van der Waals surface area contributed by atoms with Crippen molar-refractivity contribution in [1.29, 1.82) is 0 Å². The van der Waals surface area contributed by atoms with E-state index in [1.807, 2.05) is 30.3 Å². The Hall–Kier alpha value is -3.32. The molecule has 0 saturated carbocycles. The number of aromatic nitrogens is 1. The van der Waals surface area contributed by atoms with E-state index in [2.05, 4.69) is 18.7 Å². The SMILES string of the molecule is CCN(CC)Cc1nc2cc(OC)c(OC)cc2c(-c2ccc(OC)c(OC)c2)c1C(C)=O. The molecule has 0 aliphatic rings. The van der Waals surface area contributed by atoms with Gasteiger partial charge >= 0.3 is 0 Å². The zero-order valence-corrected chi connectivity index (χ0v) is 20.4. The summed E-state index contributed by atoms with van der Waals surface area (Å²) in [6.45, 7) is 8.05. The summed E-state index contributed by atoms with van der Waals surface area (Å²) in [5, 5.41) is 0.799. The van der Waals surface area contributed by atoms with E-state index in [1.165, 1.54) is 0 Å². The Labute approximate surface area is 195 Å². The molecule has 0 fully saturated rings. The lowest BCUT2D eigenvalue weighted by molar-refractivity contribution is 0.101. The Morgan fingerprint density at radius 1 is 0.848 bits per heavy atom. The Morgan fingerprint density at radius 3 is 1.97 bits per heavy atom. The summed E-state index contributed by atoms with van der Waals surface area (Å²) in [4.78, 5) is 20.2. The maximum absolute atomic E-state index is 13.0. The summed E-state index contributed by atoms with van der Waals surface area (Å²) < 4.78 is 22.0. The van der Waals surface area contributed by atoms with Crippen molar-refractivity contribution in [3.63, 3.8) is 0 Å². The van der Waals surface area contributed by atoms with Gasteiger partial charge in [0.25, 0.3) is 0 Å². The number of carbonyl (C=O) groups is 1. The van der Waals surface area contributed by atoms with Gasteiger partial charge in [-0.05, 0) is 43.8 Å². The van der Waals surface area contributed by atoms with E-state index in [-0.39, 0.29) is 5.78 Å². The molecule has 7 nitrogen and oxygen atoms in total. The number of hydrogen-bond acceptors (Lipinski definition) is 7. The topological polar surface area (TPSA) is 70.1 Å². The molecular formula is C26H32N2O5. The number of ether oxygens (including phenoxy) is 4. The van der Waals surface area contributed by atoms with Crippen LogP contribution in [0.2, 0.25) is 0 Å². The first-order chi connectivity index (χ1) is 15.9. The van der Waals surface area contributed by atoms with Gasteiger partial charge in [-0.15, -0.1) is 0 Å². The molecule has 0 aliphatic heterocycles. The van der Waals surface area contributed by atoms with Crippen LogP contribution in [0.1, 0.15) is 36.8 Å². The highest BCUT2D eigenvalue weighted by Gasteiger charge is 2.23. The summed E-state index contributed by atoms with van der Waals surface area (Å²) in [6, 6.07) is 9.39. The van der Waals surface area contributed by atoms with Gasteiger partial charge < -0.3 is 18.9 Å². The van der Waals surface area contributed by atoms with Crippen LogP contribution in [0.5, 0.6) is 23.0 Å². The van der Waals surface area contributed by atoms with Crippen LogP contribution in [0.3, 0.4) is 0 Å². The van der Waals surface area contributed by atoms with E-state index >= 15 is 0 Å². The zero-order chi connectivity index (χ0) is 24.1. The lowest BCUT2D eigenvalue weighted by Gasteiger charge is -2.22. The first kappa shape index (κ1) is 24.3. The molecule has 0 atom stereocenters. The van der Waals surface area contributed by atoms with Gasteiger partial charge in [-0.3, -0.25) is 14.7 Å². The van der Waals surface area contributed by atoms with Gasteiger partial charge in [-0.1, -0.05) is 19.9 Å². The molecule has 3 rings (SSSR count). The van der Waals surface area contributed by atoms with E-state index < -0.39 is 0 Å². The number of hydrogen-bond donors (Lipinski definition) is 0. The molecule has 0 saturated heterocycles. The minimum absolute atomic E-state index is 0.0499. The van der Waals surface area contributed by atoms with Crippen LogP contribution < -0.4 is 18.9 Å². The third-order valence-electron chi connectivity index (χ3n) is 5.86. The normalized spacial score (nSPS) is 11.0. The maximum Gasteiger partial charge on any atom is 0.162 e. The van der Waals surface area contributed by atoms with Crippen LogP contribution in [-0.4, -0.2) is 57.2 Å². The third-order valence-corrected chi connectivity index (χ3v) is 5.86. The van der Waals surface area contributed by atoms with E-state index in [1.54, 1.807) is 35.4 Å². The second-order valence-electron chi connectivity index (χ2n) is 7.62. The summed E-state index contributed by atoms with van der Waals surface area (Å²) in [5.74, 6) is 2.30. The minimum Gasteiger partial charge on any atom is -0.493 e. The molecule has 33 heavy (non-hydrogen) atoms. The number of pyridine rings is 1. The van der Waals surface area contributed by atoms with E-state index in [9.17, 15) is 4.79 Å². The number of ketones is 1. The van der Waals surface area contributed by atoms with E-state index in [0.29, 0.717) is 35.1 Å². The number of carbonyl (C=O) groups excluding carboxylic acids is 1. The van der Waals surface area contributed by atoms with Crippen LogP contribution >= 0.6 is 0 Å². The third kappa shape index (κ3) is 4.73. The van der Waals surface area contributed by atoms with Gasteiger partial charge in [0, 0.05) is 29.1 Å². The Bertz CT molecular complexity index is 1160. The number of rotatable bonds is 10. The minimum atomic E-state index is -0.0499. The highest BCUT2D eigenvalue weighted by molar-refractivity contribution is 6.10. The molecule has 1 aromatic heterocycles. The molecule has 0 aliphatic carbocycles. The molecule has 0 unspecified atom stereocenters. The van der Waals surface area contributed by atoms with Crippen LogP contribution in [0, 0.1) is 0 Å². The van der Waals surface area contributed by atoms with E-state index in [4.69, 9.17) is 23.9 Å². The van der Waals surface area contributed by atoms with Crippen LogP contribution in [0.4, 0.5) is 0 Å². The summed E-state index contributed by atoms with van der Waals surface area (Å²) in [5.41, 5.74) is 3.67. The number of nitrogens with zero attached hydrogens (tertiary/aromatic N) is 2. The number of fused-ring (bicyclic) bond motifs is 1. The van der Waals surface area contributed by atoms with E-state index in [0.717, 1.165) is 40.8 Å². The first-order valence-corrected chi connectivity index (χ1v) is 11.0. The Kier molecular flexibility index (Phi) is 7.76. The molecule has 176 valence electrons. The van der Waals surface area contributed by atoms with Crippen molar-refractivity contribution >= 4 is 16.7 Å². The smallest absolute Gasteiger partial charge is 0.162 e. The van der Waals surface area contributed by atoms with Crippen LogP contribution in [0.25, 0.3) is 22.0 Å². The summed E-state index contributed by atoms with van der Waals surface area (Å²) in [7, 11) is 6.38. The van der Waals surface area contributed by atoms with Crippen LogP contribution in [0.15, 0.2) is 30.3 Å². The quantitative estimate of drug-likeness (QED) is 0.402. The predicted octanol–water partition coefficient (Wildman–Crippen LogP) is 4.98. The van der Waals surface area contributed by atoms with Crippen molar-refractivity contribution in [1.82, 2.24) is 9.88 Å². The fraction of sp³-hybridized carbons (Fsp3) is 0.385. The molecule has 0 amide bonds. The number of Topliss-reactive ketones (excluding diaryl/α,β-unsaturated/α-hetero) is 1. The summed E-state index contributed by atoms with van der Waals surface area (Å²) >= 11 is 0. The molecule has 0 spiro atoms. The van der Waals surface area contributed by atoms with Gasteiger partial charge in [0.2, 0.25) is 0 Å². The van der Waals surface area contributed by atoms with Gasteiger partial charge in [0.05, 0.1) is 39.6 Å². The molecular weight excluding hydrogens is 420 g/mol. The van der Waals surface area contributed by atoms with Gasteiger partial charge in [0.15, 0.2) is 28.8 Å². The molecule has 0 N–H and O–H groups in total. The van der Waals surface area contributed by atoms with Gasteiger partial charge in [0.1, 0.15) is 0 Å². The standard InChI is InChI=1S/C26H32N2O5/c1-8-28(9-2)15-20-25(16(3)29)26(17-10-11-21(30-4)22(12-17)31-5)18-13-23(32-6)24(33-7)14-19(18)27-20/h10-14H,8-9,15H2,1-7H3. The lowest BCUT2D eigenvalue weighted by Crippen LogP contribution is -2.24. The van der Waals surface area contributed by atoms with Crippen molar-refractivity contribution in [2.45, 2.75) is 27.3 Å². The molecule has 0 radical (unpaired) electrons. The van der Waals surface area contributed by atoms with Gasteiger partial charge in [-0.25, -0.2) is 0 Å². The molecule has 1 heterocycles. The van der Waals surface area contributed by atoms with Crippen LogP contribution in [-0.2, 0) is 6.54 Å². The maximum atomic E-state index is 13.0. The molecule has 3 aromatic rings. The van der Waals surface area contributed by atoms with Crippen molar-refractivity contribution in [2.24, 2.45) is 0 Å².